The minimum atomic E-state index is 0.357. The molecule has 1 aromatic heterocycles. The molecule has 3 nitrogen and oxygen atoms in total. The van der Waals surface area contributed by atoms with Crippen LogP contribution in [0.5, 0.6) is 0 Å². The van der Waals surface area contributed by atoms with Gasteiger partial charge >= 0.3 is 0 Å². The van der Waals surface area contributed by atoms with Crippen molar-refractivity contribution < 1.29 is 0 Å². The fourth-order valence-corrected chi connectivity index (χ4v) is 2.33. The number of nitrogens with zero attached hydrogens (tertiary/aromatic N) is 2. The van der Waals surface area contributed by atoms with E-state index in [1.54, 1.807) is 0 Å². The van der Waals surface area contributed by atoms with Crippen molar-refractivity contribution in [3.63, 3.8) is 0 Å². The number of aromatic nitrogens is 2. The highest BCUT2D eigenvalue weighted by atomic mass is 35.5. The van der Waals surface area contributed by atoms with Gasteiger partial charge in [0, 0.05) is 24.3 Å². The fraction of sp³-hybridized carbons (Fsp3) is 0.400. The molecule has 0 amide bonds. The van der Waals surface area contributed by atoms with E-state index in [2.05, 4.69) is 36.4 Å². The third kappa shape index (κ3) is 3.74. The minimum Gasteiger partial charge on any atom is -0.379 e. The molecule has 102 valence electrons. The molecule has 1 heterocycles. The average molecular weight is 278 g/mol. The van der Waals surface area contributed by atoms with E-state index in [0.717, 1.165) is 29.2 Å². The Hall–Kier alpha value is -1.48. The normalized spacial score (nSPS) is 12.4. The zero-order valence-corrected chi connectivity index (χ0v) is 12.4. The Bertz CT molecular complexity index is 531. The molecular weight excluding hydrogens is 258 g/mol. The van der Waals surface area contributed by atoms with Gasteiger partial charge in [0.25, 0.3) is 0 Å². The summed E-state index contributed by atoms with van der Waals surface area (Å²) in [5, 5.41) is 8.75. The smallest absolute Gasteiger partial charge is 0.0853 e. The predicted molar refractivity (Wildman–Crippen MR) is 80.8 cm³/mol. The van der Waals surface area contributed by atoms with Crippen molar-refractivity contribution in [2.24, 2.45) is 7.05 Å². The predicted octanol–water partition coefficient (Wildman–Crippen LogP) is 3.68. The molecule has 0 bridgehead atoms. The number of hydrogen-bond donors (Lipinski definition) is 1. The molecule has 1 atom stereocenters. The van der Waals surface area contributed by atoms with Gasteiger partial charge in [-0.2, -0.15) is 5.10 Å². The molecule has 0 aliphatic carbocycles. The van der Waals surface area contributed by atoms with Crippen molar-refractivity contribution in [1.82, 2.24) is 9.78 Å². The lowest BCUT2D eigenvalue weighted by atomic mass is 10.1. The molecule has 1 N–H and O–H groups in total. The molecule has 0 saturated heterocycles. The molecule has 0 radical (unpaired) electrons. The van der Waals surface area contributed by atoms with Gasteiger partial charge in [0.15, 0.2) is 0 Å². The van der Waals surface area contributed by atoms with Crippen molar-refractivity contribution in [2.45, 2.75) is 32.7 Å². The quantitative estimate of drug-likeness (QED) is 0.903. The summed E-state index contributed by atoms with van der Waals surface area (Å²) < 4.78 is 1.86. The molecule has 0 saturated carbocycles. The monoisotopic (exact) mass is 277 g/mol. The van der Waals surface area contributed by atoms with Crippen LogP contribution in [0.25, 0.3) is 0 Å². The fourth-order valence-electron chi connectivity index (χ4n) is 2.21. The van der Waals surface area contributed by atoms with Crippen molar-refractivity contribution in [2.75, 3.05) is 5.32 Å². The van der Waals surface area contributed by atoms with Crippen LogP contribution in [0, 0.1) is 0 Å². The van der Waals surface area contributed by atoms with Crippen LogP contribution in [0.15, 0.2) is 30.5 Å². The van der Waals surface area contributed by atoms with Gasteiger partial charge in [-0.25, -0.2) is 0 Å². The first-order valence-corrected chi connectivity index (χ1v) is 6.99. The lowest BCUT2D eigenvalue weighted by Gasteiger charge is -2.15. The molecule has 1 unspecified atom stereocenters. The first-order valence-electron chi connectivity index (χ1n) is 6.62. The summed E-state index contributed by atoms with van der Waals surface area (Å²) in [6.45, 7) is 4.30. The second kappa shape index (κ2) is 6.11. The number of rotatable bonds is 5. The number of aryl methyl sites for hydroxylation is 2. The maximum atomic E-state index is 5.89. The van der Waals surface area contributed by atoms with Crippen LogP contribution >= 0.6 is 11.6 Å². The Morgan fingerprint density at radius 1 is 1.32 bits per heavy atom. The Labute approximate surface area is 119 Å². The zero-order valence-electron chi connectivity index (χ0n) is 11.7. The van der Waals surface area contributed by atoms with Crippen LogP contribution in [0.2, 0.25) is 5.02 Å². The maximum absolute atomic E-state index is 5.89. The van der Waals surface area contributed by atoms with E-state index >= 15 is 0 Å². The molecule has 0 aliphatic rings. The number of anilines is 1. The van der Waals surface area contributed by atoms with Gasteiger partial charge in [-0.1, -0.05) is 30.7 Å². The summed E-state index contributed by atoms with van der Waals surface area (Å²) in [6.07, 6.45) is 3.95. The van der Waals surface area contributed by atoms with Gasteiger partial charge in [-0.15, -0.1) is 0 Å². The standard InChI is InChI=1S/C15H20ClN3/c1-4-14-15(10-19(3)18-14)17-11(2)9-12-5-7-13(16)8-6-12/h5-8,10-11,17H,4,9H2,1-3H3. The second-order valence-corrected chi connectivity index (χ2v) is 5.33. The number of nitrogens with one attached hydrogen (secondary N) is 1. The molecular formula is C15H20ClN3. The second-order valence-electron chi connectivity index (χ2n) is 4.89. The van der Waals surface area contributed by atoms with Gasteiger partial charge in [-0.3, -0.25) is 4.68 Å². The van der Waals surface area contributed by atoms with Crippen molar-refractivity contribution >= 4 is 17.3 Å². The molecule has 1 aromatic carbocycles. The van der Waals surface area contributed by atoms with E-state index in [4.69, 9.17) is 11.6 Å². The maximum Gasteiger partial charge on any atom is 0.0853 e. The Morgan fingerprint density at radius 2 is 2.00 bits per heavy atom. The van der Waals surface area contributed by atoms with E-state index in [9.17, 15) is 0 Å². The van der Waals surface area contributed by atoms with Gasteiger partial charge in [-0.05, 0) is 37.5 Å². The van der Waals surface area contributed by atoms with Gasteiger partial charge < -0.3 is 5.32 Å². The van der Waals surface area contributed by atoms with Crippen LogP contribution in [-0.2, 0) is 19.9 Å². The Balaban J connectivity index is 2.00. The van der Waals surface area contributed by atoms with E-state index in [-0.39, 0.29) is 0 Å². The summed E-state index contributed by atoms with van der Waals surface area (Å²) in [5.41, 5.74) is 3.53. The van der Waals surface area contributed by atoms with Crippen LogP contribution in [0.1, 0.15) is 25.1 Å². The lowest BCUT2D eigenvalue weighted by molar-refractivity contribution is 0.746. The summed E-state index contributed by atoms with van der Waals surface area (Å²) in [6, 6.07) is 8.38. The van der Waals surface area contributed by atoms with Gasteiger partial charge in [0.05, 0.1) is 11.4 Å². The minimum absolute atomic E-state index is 0.357. The molecule has 4 heteroatoms. The van der Waals surface area contributed by atoms with E-state index in [0.29, 0.717) is 6.04 Å². The summed E-state index contributed by atoms with van der Waals surface area (Å²) in [5.74, 6) is 0. The highest BCUT2D eigenvalue weighted by molar-refractivity contribution is 6.30. The van der Waals surface area contributed by atoms with Crippen LogP contribution < -0.4 is 5.32 Å². The highest BCUT2D eigenvalue weighted by Crippen LogP contribution is 2.17. The number of benzene rings is 1. The van der Waals surface area contributed by atoms with Crippen molar-refractivity contribution in [3.8, 4) is 0 Å². The molecule has 2 rings (SSSR count). The van der Waals surface area contributed by atoms with Gasteiger partial charge in [0.2, 0.25) is 0 Å². The molecule has 19 heavy (non-hydrogen) atoms. The highest BCUT2D eigenvalue weighted by Gasteiger charge is 2.09. The van der Waals surface area contributed by atoms with Crippen molar-refractivity contribution in [3.05, 3.63) is 46.7 Å². The first kappa shape index (κ1) is 13.9. The summed E-state index contributed by atoms with van der Waals surface area (Å²) in [4.78, 5) is 0. The topological polar surface area (TPSA) is 29.9 Å². The third-order valence-corrected chi connectivity index (χ3v) is 3.35. The summed E-state index contributed by atoms with van der Waals surface area (Å²) >= 11 is 5.89. The summed E-state index contributed by atoms with van der Waals surface area (Å²) in [7, 11) is 1.95. The number of halogens is 1. The first-order chi connectivity index (χ1) is 9.08. The zero-order chi connectivity index (χ0) is 13.8. The third-order valence-electron chi connectivity index (χ3n) is 3.10. The van der Waals surface area contributed by atoms with Crippen molar-refractivity contribution in [1.29, 1.82) is 0 Å². The molecule has 0 spiro atoms. The van der Waals surface area contributed by atoms with Crippen LogP contribution in [-0.4, -0.2) is 15.8 Å². The van der Waals surface area contributed by atoms with Gasteiger partial charge in [0.1, 0.15) is 0 Å². The van der Waals surface area contributed by atoms with E-state index in [1.807, 2.05) is 30.1 Å². The Morgan fingerprint density at radius 3 is 2.63 bits per heavy atom. The van der Waals surface area contributed by atoms with E-state index in [1.165, 1.54) is 5.56 Å². The SMILES string of the molecule is CCc1nn(C)cc1NC(C)Cc1ccc(Cl)cc1. The number of hydrogen-bond acceptors (Lipinski definition) is 2. The molecule has 0 fully saturated rings. The van der Waals surface area contributed by atoms with Crippen LogP contribution in [0.4, 0.5) is 5.69 Å². The largest absolute Gasteiger partial charge is 0.379 e. The van der Waals surface area contributed by atoms with Crippen LogP contribution in [0.3, 0.4) is 0 Å². The molecule has 2 aromatic rings. The average Bonchev–Trinajstić information content (AvgIpc) is 2.72. The molecule has 0 aliphatic heterocycles. The van der Waals surface area contributed by atoms with E-state index < -0.39 is 0 Å². The lowest BCUT2D eigenvalue weighted by Crippen LogP contribution is -2.18. The Kier molecular flexibility index (Phi) is 4.48.